The average molecular weight is 286 g/mol. The average Bonchev–Trinajstić information content (AvgIpc) is 3.02. The third kappa shape index (κ3) is 3.34. The first-order chi connectivity index (χ1) is 9.01. The number of imidazole rings is 1. The first-order valence-electron chi connectivity index (χ1n) is 6.67. The Morgan fingerprint density at radius 3 is 2.53 bits per heavy atom. The summed E-state index contributed by atoms with van der Waals surface area (Å²) in [7, 11) is 0.460. The molecular formula is C12H22N4O2S. The van der Waals surface area contributed by atoms with Crippen LogP contribution in [0.25, 0.3) is 0 Å². The third-order valence-corrected chi connectivity index (χ3v) is 5.44. The van der Waals surface area contributed by atoms with E-state index in [0.717, 1.165) is 32.2 Å². The number of sulfonamides is 1. The number of rotatable bonds is 6. The Hall–Kier alpha value is -0.920. The summed E-state index contributed by atoms with van der Waals surface area (Å²) in [5.74, 6) is 0. The van der Waals surface area contributed by atoms with E-state index in [2.05, 4.69) is 9.97 Å². The number of hydrogen-bond acceptors (Lipinski definition) is 4. The number of nitrogens with zero attached hydrogens (tertiary/aromatic N) is 3. The molecule has 0 aliphatic heterocycles. The Bertz CT molecular complexity index is 478. The van der Waals surface area contributed by atoms with Gasteiger partial charge >= 0.3 is 0 Å². The summed E-state index contributed by atoms with van der Waals surface area (Å²) in [5.41, 5.74) is 0. The fourth-order valence-electron chi connectivity index (χ4n) is 2.50. The Labute approximate surface area is 114 Å². The van der Waals surface area contributed by atoms with Gasteiger partial charge in [0.25, 0.3) is 10.0 Å². The first-order valence-corrected chi connectivity index (χ1v) is 8.11. The smallest absolute Gasteiger partial charge is 0.260 e. The lowest BCUT2D eigenvalue weighted by atomic mass is 10.2. The van der Waals surface area contributed by atoms with Crippen LogP contribution in [0.15, 0.2) is 17.6 Å². The van der Waals surface area contributed by atoms with Crippen LogP contribution < -0.4 is 0 Å². The molecule has 0 atom stereocenters. The molecule has 0 unspecified atom stereocenters. The summed E-state index contributed by atoms with van der Waals surface area (Å²) in [6.45, 7) is 1.25. The van der Waals surface area contributed by atoms with Gasteiger partial charge in [-0.15, -0.1) is 0 Å². The summed E-state index contributed by atoms with van der Waals surface area (Å²) in [4.78, 5) is 8.54. The van der Waals surface area contributed by atoms with E-state index in [1.54, 1.807) is 4.31 Å². The monoisotopic (exact) mass is 286 g/mol. The van der Waals surface area contributed by atoms with Crippen LogP contribution in [-0.2, 0) is 10.0 Å². The topological polar surface area (TPSA) is 69.3 Å². The minimum absolute atomic E-state index is 0.133. The van der Waals surface area contributed by atoms with Gasteiger partial charge in [-0.05, 0) is 26.9 Å². The molecule has 0 spiro atoms. The highest BCUT2D eigenvalue weighted by Crippen LogP contribution is 2.27. The minimum atomic E-state index is -3.45. The molecule has 1 heterocycles. The van der Waals surface area contributed by atoms with Crippen molar-refractivity contribution in [1.82, 2.24) is 19.2 Å². The molecule has 1 aromatic rings. The van der Waals surface area contributed by atoms with E-state index in [0.29, 0.717) is 6.54 Å². The molecule has 0 radical (unpaired) electrons. The van der Waals surface area contributed by atoms with Crippen molar-refractivity contribution in [2.24, 2.45) is 0 Å². The Morgan fingerprint density at radius 1 is 1.32 bits per heavy atom. The van der Waals surface area contributed by atoms with Crippen molar-refractivity contribution < 1.29 is 8.42 Å². The van der Waals surface area contributed by atoms with Crippen LogP contribution in [0.1, 0.15) is 25.7 Å². The van der Waals surface area contributed by atoms with Crippen molar-refractivity contribution in [3.05, 3.63) is 12.5 Å². The summed E-state index contributed by atoms with van der Waals surface area (Å²) in [6, 6.07) is 0.133. The van der Waals surface area contributed by atoms with E-state index in [1.165, 1.54) is 12.5 Å². The summed E-state index contributed by atoms with van der Waals surface area (Å²) in [6.07, 6.45) is 6.93. The van der Waals surface area contributed by atoms with Gasteiger partial charge in [0.1, 0.15) is 0 Å². The van der Waals surface area contributed by atoms with E-state index in [9.17, 15) is 8.42 Å². The highest BCUT2D eigenvalue weighted by atomic mass is 32.2. The van der Waals surface area contributed by atoms with Gasteiger partial charge in [-0.25, -0.2) is 13.4 Å². The molecule has 0 bridgehead atoms. The van der Waals surface area contributed by atoms with Gasteiger partial charge in [-0.2, -0.15) is 4.31 Å². The van der Waals surface area contributed by atoms with E-state index in [4.69, 9.17) is 0 Å². The predicted molar refractivity (Wildman–Crippen MR) is 73.3 cm³/mol. The van der Waals surface area contributed by atoms with E-state index < -0.39 is 10.0 Å². The molecule has 0 saturated heterocycles. The quantitative estimate of drug-likeness (QED) is 0.844. The number of aromatic amines is 1. The second kappa shape index (κ2) is 6.02. The van der Waals surface area contributed by atoms with Crippen LogP contribution in [0.2, 0.25) is 0 Å². The van der Waals surface area contributed by atoms with Crippen molar-refractivity contribution in [1.29, 1.82) is 0 Å². The normalized spacial score (nSPS) is 17.7. The Kier molecular flexibility index (Phi) is 4.59. The third-order valence-electron chi connectivity index (χ3n) is 3.56. The number of nitrogens with one attached hydrogen (secondary N) is 1. The van der Waals surface area contributed by atoms with Crippen LogP contribution in [0, 0.1) is 0 Å². The van der Waals surface area contributed by atoms with E-state index >= 15 is 0 Å². The molecule has 1 aliphatic rings. The van der Waals surface area contributed by atoms with E-state index in [1.807, 2.05) is 19.0 Å². The summed E-state index contributed by atoms with van der Waals surface area (Å²) >= 11 is 0. The predicted octanol–water partition coefficient (Wildman–Crippen LogP) is 0.905. The van der Waals surface area contributed by atoms with Crippen LogP contribution in [0.3, 0.4) is 0 Å². The molecule has 0 amide bonds. The lowest BCUT2D eigenvalue weighted by Gasteiger charge is -2.28. The molecule has 1 N–H and O–H groups in total. The number of H-pyrrole nitrogens is 1. The van der Waals surface area contributed by atoms with Crippen molar-refractivity contribution in [3.8, 4) is 0 Å². The van der Waals surface area contributed by atoms with Crippen LogP contribution >= 0.6 is 0 Å². The Morgan fingerprint density at radius 2 is 2.00 bits per heavy atom. The van der Waals surface area contributed by atoms with Crippen LogP contribution in [0.5, 0.6) is 0 Å². The van der Waals surface area contributed by atoms with Crippen molar-refractivity contribution in [3.63, 3.8) is 0 Å². The SMILES string of the molecule is CN(C)CCN(C1CCCC1)S(=O)(=O)c1cnc[nH]1. The zero-order valence-electron chi connectivity index (χ0n) is 11.5. The number of likely N-dealkylation sites (N-methyl/N-ethyl adjacent to an activating group) is 1. The fourth-order valence-corrected chi connectivity index (χ4v) is 4.07. The maximum atomic E-state index is 12.6. The maximum Gasteiger partial charge on any atom is 0.260 e. The lowest BCUT2D eigenvalue weighted by molar-refractivity contribution is 0.281. The molecule has 0 aromatic carbocycles. The molecule has 19 heavy (non-hydrogen) atoms. The van der Waals surface area contributed by atoms with Gasteiger partial charge < -0.3 is 9.88 Å². The Balaban J connectivity index is 2.20. The van der Waals surface area contributed by atoms with Gasteiger partial charge in [-0.3, -0.25) is 0 Å². The second-order valence-corrected chi connectivity index (χ2v) is 7.13. The van der Waals surface area contributed by atoms with Crippen molar-refractivity contribution in [2.45, 2.75) is 36.8 Å². The molecule has 7 heteroatoms. The standard InChI is InChI=1S/C12H22N4O2S/c1-15(2)7-8-16(11-5-3-4-6-11)19(17,18)12-9-13-10-14-12/h9-11H,3-8H2,1-2H3,(H,13,14). The number of aromatic nitrogens is 2. The van der Waals surface area contributed by atoms with Gasteiger partial charge in [0.2, 0.25) is 0 Å². The zero-order valence-corrected chi connectivity index (χ0v) is 12.4. The highest BCUT2D eigenvalue weighted by Gasteiger charge is 2.33. The van der Waals surface area contributed by atoms with Gasteiger partial charge in [0, 0.05) is 19.1 Å². The second-order valence-electron chi connectivity index (χ2n) is 5.27. The minimum Gasteiger partial charge on any atom is -0.335 e. The largest absolute Gasteiger partial charge is 0.335 e. The molecule has 1 fully saturated rings. The maximum absolute atomic E-state index is 12.6. The molecular weight excluding hydrogens is 264 g/mol. The van der Waals surface area contributed by atoms with Crippen LogP contribution in [-0.4, -0.2) is 60.8 Å². The van der Waals surface area contributed by atoms with Gasteiger partial charge in [0.05, 0.1) is 12.5 Å². The van der Waals surface area contributed by atoms with Crippen molar-refractivity contribution >= 4 is 10.0 Å². The van der Waals surface area contributed by atoms with Gasteiger partial charge in [-0.1, -0.05) is 12.8 Å². The van der Waals surface area contributed by atoms with Crippen LogP contribution in [0.4, 0.5) is 0 Å². The molecule has 1 aliphatic carbocycles. The zero-order chi connectivity index (χ0) is 13.9. The molecule has 1 saturated carbocycles. The fraction of sp³-hybridized carbons (Fsp3) is 0.750. The number of hydrogen-bond donors (Lipinski definition) is 1. The first kappa shape index (κ1) is 14.5. The molecule has 2 rings (SSSR count). The summed E-state index contributed by atoms with van der Waals surface area (Å²) in [5, 5.41) is 0.193. The van der Waals surface area contributed by atoms with Crippen molar-refractivity contribution in [2.75, 3.05) is 27.2 Å². The van der Waals surface area contributed by atoms with Gasteiger partial charge in [0.15, 0.2) is 5.03 Å². The molecule has 108 valence electrons. The molecule has 6 nitrogen and oxygen atoms in total. The highest BCUT2D eigenvalue weighted by molar-refractivity contribution is 7.89. The summed E-state index contributed by atoms with van der Waals surface area (Å²) < 4.78 is 26.9. The van der Waals surface area contributed by atoms with E-state index in [-0.39, 0.29) is 11.1 Å². The lowest BCUT2D eigenvalue weighted by Crippen LogP contribution is -2.42. The molecule has 1 aromatic heterocycles.